The number of carboxylic acid groups (broad SMARTS) is 1. The van der Waals surface area contributed by atoms with Crippen LogP contribution in [0, 0.1) is 11.8 Å². The number of likely N-dealkylation sites (tertiary alicyclic amines) is 2. The molecule has 21 nitrogen and oxygen atoms in total. The summed E-state index contributed by atoms with van der Waals surface area (Å²) in [4.78, 5) is 68.7. The average molecular weight is 1230 g/mol. The van der Waals surface area contributed by atoms with Gasteiger partial charge in [0.05, 0.1) is 11.1 Å². The van der Waals surface area contributed by atoms with Crippen molar-refractivity contribution in [3.8, 4) is 0 Å². The second kappa shape index (κ2) is 27.4. The fourth-order valence-corrected chi connectivity index (χ4v) is 11.2. The number of sulfonamides is 2. The summed E-state index contributed by atoms with van der Waals surface area (Å²) in [5, 5.41) is 19.7. The lowest BCUT2D eigenvalue weighted by molar-refractivity contribution is 0.0118. The zero-order chi connectivity index (χ0) is 62.9. The number of nitrogens with one attached hydrogen (secondary N) is 3. The summed E-state index contributed by atoms with van der Waals surface area (Å²) < 4.78 is 61.7. The number of carboxylic acids is 1. The molecule has 2 saturated heterocycles. The van der Waals surface area contributed by atoms with Crippen LogP contribution >= 0.6 is 23.2 Å². The zero-order valence-corrected chi connectivity index (χ0v) is 54.0. The molecule has 0 spiro atoms. The third kappa shape index (κ3) is 21.6. The van der Waals surface area contributed by atoms with Crippen LogP contribution in [-0.4, -0.2) is 124 Å². The summed E-state index contributed by atoms with van der Waals surface area (Å²) in [7, 11) is -8.07. The SMILES string of the molecule is CC(C)(C)OC(=O)N1C[C@@H](CCCNc2cccc(S(=O)(=O)NC(=O)c3ccc(C(C)(C)C)nc3Cl)n2)CC1(C)C.CC(C)(C)OC(=O)N1C[C@@H](CCCNc2cccc(S(N)(=O)=O)n2)CC1(C)C.CC(C)(C)c1ccc(C(=O)O)c(Cl)n1. The summed E-state index contributed by atoms with van der Waals surface area (Å²) >= 11 is 11.9. The van der Waals surface area contributed by atoms with Gasteiger partial charge in [-0.2, -0.15) is 8.42 Å². The van der Waals surface area contributed by atoms with E-state index in [9.17, 15) is 36.0 Å². The molecule has 3 amide bonds. The molecule has 460 valence electrons. The Labute approximate surface area is 501 Å². The number of carbonyl (C=O) groups is 4. The van der Waals surface area contributed by atoms with E-state index in [1.807, 2.05) is 97.6 Å². The number of hydrogen-bond acceptors (Lipinski definition) is 16. The topological polar surface area (TPSA) is 295 Å². The standard InChI is InChI=1S/C29H42ClN5O5S.C19H32N4O4S.C10H12ClNO2/c1-27(2,3)21-15-14-20(24(30)32-21)25(36)34-41(38,39)23-13-9-12-22(33-23)31-16-10-11-19-17-29(7,8)35(18-19)26(37)40-28(4,5)6;1-18(2,3)27-17(24)23-13-14(12-19(23,4)5)8-7-11-21-15-9-6-10-16(22-15)28(20,25)26;1-10(2,3)7-5-4-6(9(13)14)8(11)12-7/h9,12-15,19H,10-11,16-18H2,1-8H3,(H,31,33)(H,34,36);6,9-10,14H,7-8,11-13H2,1-5H3,(H,21,22)(H2,20,25,26);4-5H,1-3H3,(H,13,14)/t19-;14-;/m00./s1. The van der Waals surface area contributed by atoms with E-state index in [0.29, 0.717) is 55.3 Å². The molecule has 83 heavy (non-hydrogen) atoms. The second-order valence-corrected chi connectivity index (χ2v) is 30.0. The first kappa shape index (κ1) is 69.6. The maximum absolute atomic E-state index is 12.9. The molecule has 0 aromatic carbocycles. The summed E-state index contributed by atoms with van der Waals surface area (Å²) in [5.41, 5.74) is -0.514. The molecule has 0 saturated carbocycles. The lowest BCUT2D eigenvalue weighted by atomic mass is 9.91. The van der Waals surface area contributed by atoms with E-state index in [-0.39, 0.29) is 65.6 Å². The van der Waals surface area contributed by atoms with Crippen LogP contribution in [-0.2, 0) is 40.4 Å². The van der Waals surface area contributed by atoms with Crippen LogP contribution in [0.1, 0.15) is 181 Å². The minimum Gasteiger partial charge on any atom is -0.478 e. The van der Waals surface area contributed by atoms with Crippen LogP contribution in [0.15, 0.2) is 70.7 Å². The number of aromatic carboxylic acids is 1. The first-order valence-electron chi connectivity index (χ1n) is 27.5. The molecular weight excluding hydrogens is 1150 g/mol. The van der Waals surface area contributed by atoms with E-state index in [0.717, 1.165) is 44.2 Å². The van der Waals surface area contributed by atoms with E-state index >= 15 is 0 Å². The van der Waals surface area contributed by atoms with Crippen LogP contribution in [0.25, 0.3) is 0 Å². The monoisotopic (exact) mass is 1230 g/mol. The van der Waals surface area contributed by atoms with Crippen molar-refractivity contribution in [3.63, 3.8) is 0 Å². The highest BCUT2D eigenvalue weighted by Crippen LogP contribution is 2.38. The van der Waals surface area contributed by atoms with Gasteiger partial charge in [-0.1, -0.05) is 76.9 Å². The normalized spacial score (nSPS) is 17.0. The van der Waals surface area contributed by atoms with E-state index in [1.165, 1.54) is 24.3 Å². The largest absolute Gasteiger partial charge is 0.478 e. The number of amides is 3. The van der Waals surface area contributed by atoms with E-state index < -0.39 is 43.1 Å². The second-order valence-electron chi connectivity index (χ2n) is 26.2. The van der Waals surface area contributed by atoms with Crippen molar-refractivity contribution in [2.75, 3.05) is 36.8 Å². The molecule has 0 aliphatic carbocycles. The molecule has 2 atom stereocenters. The van der Waals surface area contributed by atoms with Crippen LogP contribution in [0.4, 0.5) is 21.2 Å². The number of nitrogens with two attached hydrogens (primary N) is 1. The molecular formula is C58H86Cl2N10O11S2. The predicted octanol–water partition coefficient (Wildman–Crippen LogP) is 11.5. The van der Waals surface area contributed by atoms with Crippen molar-refractivity contribution in [1.29, 1.82) is 0 Å². The van der Waals surface area contributed by atoms with E-state index in [1.54, 1.807) is 36.4 Å². The fourth-order valence-electron chi connectivity index (χ4n) is 9.25. The lowest BCUT2D eigenvalue weighted by Crippen LogP contribution is -2.45. The zero-order valence-electron chi connectivity index (χ0n) is 50.9. The van der Waals surface area contributed by atoms with Gasteiger partial charge in [-0.3, -0.25) is 4.79 Å². The van der Waals surface area contributed by atoms with Gasteiger partial charge < -0.3 is 35.0 Å². The molecule has 0 unspecified atom stereocenters. The number of primary sulfonamides is 1. The number of nitrogens with zero attached hydrogens (tertiary/aromatic N) is 6. The molecule has 2 fully saturated rings. The van der Waals surface area contributed by atoms with Crippen LogP contribution in [0.2, 0.25) is 10.3 Å². The molecule has 4 aromatic heterocycles. The van der Waals surface area contributed by atoms with Gasteiger partial charge in [-0.25, -0.2) is 52.6 Å². The van der Waals surface area contributed by atoms with Crippen molar-refractivity contribution < 1.29 is 50.6 Å². The Morgan fingerprint density at radius 1 is 0.614 bits per heavy atom. The summed E-state index contributed by atoms with van der Waals surface area (Å²) in [6, 6.07) is 15.5. The first-order chi connectivity index (χ1) is 37.9. The molecule has 4 aromatic rings. The maximum Gasteiger partial charge on any atom is 0.410 e. The van der Waals surface area contributed by atoms with Crippen LogP contribution in [0.5, 0.6) is 0 Å². The first-order valence-corrected chi connectivity index (χ1v) is 31.3. The Kier molecular flexibility index (Phi) is 23.0. The number of hydrogen-bond donors (Lipinski definition) is 5. The molecule has 2 aliphatic heterocycles. The molecule has 6 heterocycles. The molecule has 2 aliphatic rings. The summed E-state index contributed by atoms with van der Waals surface area (Å²) in [6.07, 6.45) is 4.75. The van der Waals surface area contributed by atoms with Crippen molar-refractivity contribution in [2.24, 2.45) is 17.0 Å². The number of carbonyl (C=O) groups excluding carboxylic acids is 3. The Morgan fingerprint density at radius 3 is 1.36 bits per heavy atom. The van der Waals surface area contributed by atoms with Gasteiger partial charge in [0.2, 0.25) is 0 Å². The van der Waals surface area contributed by atoms with Gasteiger partial charge in [0.25, 0.3) is 26.0 Å². The molecule has 6 rings (SSSR count). The third-order valence-electron chi connectivity index (χ3n) is 13.3. The van der Waals surface area contributed by atoms with Gasteiger partial charge in [0, 0.05) is 59.5 Å². The predicted molar refractivity (Wildman–Crippen MR) is 323 cm³/mol. The molecule has 6 N–H and O–H groups in total. The smallest absolute Gasteiger partial charge is 0.410 e. The molecule has 25 heteroatoms. The number of anilines is 2. The Hall–Kier alpha value is -5.88. The maximum atomic E-state index is 12.9. The van der Waals surface area contributed by atoms with Gasteiger partial charge >= 0.3 is 18.2 Å². The Bertz CT molecular complexity index is 3170. The van der Waals surface area contributed by atoms with E-state index in [2.05, 4.69) is 58.3 Å². The highest BCUT2D eigenvalue weighted by molar-refractivity contribution is 7.90. The van der Waals surface area contributed by atoms with Gasteiger partial charge in [0.1, 0.15) is 33.1 Å². The lowest BCUT2D eigenvalue weighted by Gasteiger charge is -2.33. The highest BCUT2D eigenvalue weighted by atomic mass is 35.5. The van der Waals surface area contributed by atoms with Crippen LogP contribution in [0.3, 0.4) is 0 Å². The fraction of sp³-hybridized carbons (Fsp3) is 0.586. The van der Waals surface area contributed by atoms with Crippen molar-refractivity contribution >= 4 is 78.9 Å². The van der Waals surface area contributed by atoms with Gasteiger partial charge in [0.15, 0.2) is 10.1 Å². The van der Waals surface area contributed by atoms with Crippen molar-refractivity contribution in [1.82, 2.24) is 34.5 Å². The van der Waals surface area contributed by atoms with Gasteiger partial charge in [-0.05, 0) is 168 Å². The molecule has 0 radical (unpaired) electrons. The van der Waals surface area contributed by atoms with Gasteiger partial charge in [-0.15, -0.1) is 0 Å². The Balaban J connectivity index is 0.000000302. The van der Waals surface area contributed by atoms with Crippen molar-refractivity contribution in [3.05, 3.63) is 93.5 Å². The Morgan fingerprint density at radius 2 is 1.00 bits per heavy atom. The number of pyridine rings is 4. The third-order valence-corrected chi connectivity index (χ3v) is 15.9. The quantitative estimate of drug-likeness (QED) is 0.0546. The number of aromatic nitrogens is 4. The summed E-state index contributed by atoms with van der Waals surface area (Å²) in [6.45, 7) is 33.8. The van der Waals surface area contributed by atoms with Crippen molar-refractivity contribution in [2.45, 2.75) is 192 Å². The number of halogens is 2. The average Bonchev–Trinajstić information content (AvgIpc) is 3.91. The van der Waals surface area contributed by atoms with E-state index in [4.69, 9.17) is 42.9 Å². The summed E-state index contributed by atoms with van der Waals surface area (Å²) in [5.74, 6) is -0.364. The minimum atomic E-state index is -4.26. The minimum absolute atomic E-state index is 0.0414. The van der Waals surface area contributed by atoms with Crippen LogP contribution < -0.4 is 20.5 Å². The molecule has 0 bridgehead atoms. The number of rotatable bonds is 15. The highest BCUT2D eigenvalue weighted by Gasteiger charge is 2.44. The number of ether oxygens (including phenoxy) is 2.